The number of carbonyl (C=O) groups is 3. The highest BCUT2D eigenvalue weighted by Gasteiger charge is 2.36. The van der Waals surface area contributed by atoms with E-state index < -0.39 is 5.82 Å². The van der Waals surface area contributed by atoms with Crippen LogP contribution in [0.4, 0.5) is 15.8 Å². The van der Waals surface area contributed by atoms with Crippen LogP contribution in [0, 0.1) is 31.0 Å². The molecular weight excluding hydrogens is 948 g/mol. The second kappa shape index (κ2) is 21.9. The predicted octanol–water partition coefficient (Wildman–Crippen LogP) is 8.62. The van der Waals surface area contributed by atoms with Crippen molar-refractivity contribution in [2.24, 2.45) is 14.1 Å². The monoisotopic (exact) mass is 1010 g/mol. The first-order valence-corrected chi connectivity index (χ1v) is 26.4. The lowest BCUT2D eigenvalue weighted by Crippen LogP contribution is -2.51. The topological polar surface area (TPSA) is 140 Å². The summed E-state index contributed by atoms with van der Waals surface area (Å²) in [6.45, 7) is 13.1. The van der Waals surface area contributed by atoms with E-state index in [1.165, 1.54) is 30.2 Å². The molecule has 4 aromatic carbocycles. The maximum absolute atomic E-state index is 15.8. The lowest BCUT2D eigenvalue weighted by Gasteiger charge is -2.41. The number of hydrogen-bond donors (Lipinski definition) is 1. The first-order valence-electron chi connectivity index (χ1n) is 26.4. The van der Waals surface area contributed by atoms with E-state index in [9.17, 15) is 15.2 Å². The van der Waals surface area contributed by atoms with E-state index in [1.807, 2.05) is 55.5 Å². The Kier molecular flexibility index (Phi) is 15.0. The molecule has 390 valence electrons. The van der Waals surface area contributed by atoms with Crippen molar-refractivity contribution in [2.45, 2.75) is 84.5 Å². The summed E-state index contributed by atoms with van der Waals surface area (Å²) in [6, 6.07) is 29.2. The van der Waals surface area contributed by atoms with Crippen molar-refractivity contribution in [1.82, 2.24) is 28.7 Å². The van der Waals surface area contributed by atoms with Gasteiger partial charge in [0.15, 0.2) is 0 Å². The van der Waals surface area contributed by atoms with E-state index in [0.717, 1.165) is 68.7 Å². The first kappa shape index (κ1) is 51.2. The quantitative estimate of drug-likeness (QED) is 0.121. The van der Waals surface area contributed by atoms with Gasteiger partial charge in [-0.15, -0.1) is 0 Å². The van der Waals surface area contributed by atoms with Crippen molar-refractivity contribution in [1.29, 1.82) is 5.26 Å². The molecule has 3 amide bonds. The highest BCUT2D eigenvalue weighted by molar-refractivity contribution is 6.13. The zero-order valence-corrected chi connectivity index (χ0v) is 43.8. The van der Waals surface area contributed by atoms with Crippen LogP contribution in [0.5, 0.6) is 11.5 Å². The van der Waals surface area contributed by atoms with Crippen molar-refractivity contribution in [3.05, 3.63) is 153 Å². The molecule has 0 aliphatic carbocycles. The van der Waals surface area contributed by atoms with Crippen LogP contribution < -0.4 is 9.64 Å². The van der Waals surface area contributed by atoms with Crippen LogP contribution in [0.2, 0.25) is 0 Å². The van der Waals surface area contributed by atoms with Gasteiger partial charge in [0.05, 0.1) is 30.4 Å². The fourth-order valence-corrected chi connectivity index (χ4v) is 11.5. The van der Waals surface area contributed by atoms with E-state index in [4.69, 9.17) is 9.47 Å². The second-order valence-electron chi connectivity index (χ2n) is 20.8. The average molecular weight is 1020 g/mol. The third-order valence-corrected chi connectivity index (χ3v) is 16.1. The number of aromatic nitrogens is 2. The molecule has 14 nitrogen and oxygen atoms in total. The van der Waals surface area contributed by atoms with Gasteiger partial charge < -0.3 is 38.4 Å². The number of piperidine rings is 1. The van der Waals surface area contributed by atoms with Gasteiger partial charge in [0, 0.05) is 106 Å². The van der Waals surface area contributed by atoms with Crippen LogP contribution in [-0.2, 0) is 56.0 Å². The van der Waals surface area contributed by atoms with Crippen molar-refractivity contribution in [3.63, 3.8) is 0 Å². The molecule has 6 heterocycles. The molecule has 4 aliphatic rings. The van der Waals surface area contributed by atoms with Crippen molar-refractivity contribution in [2.75, 3.05) is 63.9 Å². The van der Waals surface area contributed by atoms with Crippen molar-refractivity contribution < 1.29 is 33.4 Å². The molecule has 15 heteroatoms. The number of aromatic hydroxyl groups is 1. The molecule has 75 heavy (non-hydrogen) atoms. The average Bonchev–Trinajstić information content (AvgIpc) is 3.89. The second-order valence-corrected chi connectivity index (χ2v) is 20.8. The molecule has 10 rings (SSSR count). The minimum Gasteiger partial charge on any atom is -0.508 e. The highest BCUT2D eigenvalue weighted by atomic mass is 19.1. The van der Waals surface area contributed by atoms with Gasteiger partial charge >= 0.3 is 0 Å². The van der Waals surface area contributed by atoms with E-state index in [2.05, 4.69) is 40.1 Å². The molecule has 2 fully saturated rings. The molecule has 2 aromatic heterocycles. The van der Waals surface area contributed by atoms with Gasteiger partial charge in [-0.25, -0.2) is 4.39 Å². The molecular formula is C60H67FN8O6. The third kappa shape index (κ3) is 10.7. The van der Waals surface area contributed by atoms with E-state index in [0.29, 0.717) is 95.9 Å². The Morgan fingerprint density at radius 2 is 1.60 bits per heavy atom. The summed E-state index contributed by atoms with van der Waals surface area (Å²) in [5, 5.41) is 20.3. The maximum atomic E-state index is 15.8. The van der Waals surface area contributed by atoms with Gasteiger partial charge in [-0.3, -0.25) is 24.2 Å². The molecule has 4 aliphatic heterocycles. The summed E-state index contributed by atoms with van der Waals surface area (Å²) in [5.41, 5.74) is 9.52. The van der Waals surface area contributed by atoms with Gasteiger partial charge in [0.1, 0.15) is 35.7 Å². The predicted molar refractivity (Wildman–Crippen MR) is 286 cm³/mol. The van der Waals surface area contributed by atoms with Gasteiger partial charge in [-0.1, -0.05) is 36.8 Å². The fraction of sp³-hybridized carbons (Fsp3) is 0.400. The van der Waals surface area contributed by atoms with Gasteiger partial charge in [-0.2, -0.15) is 5.26 Å². The lowest BCUT2D eigenvalue weighted by atomic mass is 9.89. The fourth-order valence-electron chi connectivity index (χ4n) is 11.5. The largest absolute Gasteiger partial charge is 0.508 e. The van der Waals surface area contributed by atoms with Crippen LogP contribution >= 0.6 is 0 Å². The van der Waals surface area contributed by atoms with Gasteiger partial charge in [0.25, 0.3) is 11.8 Å². The normalized spacial score (nSPS) is 18.0. The SMILES string of the molecule is Cc1c(N(C(=O)c2cc(-c3cc4c(cc3C(=O)N3Cc5ccccc5C[C@H]3CN3CCCCC3)CN(C(=O)Cc3ccc(OCCN5CCO[C@H](C)C5)cc3F)CC4)n(C)c2C)c2ccc(O)cc2)cc(C#N)n1C. The van der Waals surface area contributed by atoms with Crippen LogP contribution in [-0.4, -0.2) is 123 Å². The number of nitrogens with zero attached hydrogens (tertiary/aromatic N) is 8. The number of phenolic OH excluding ortho intramolecular Hbond substituents is 1. The number of nitriles is 1. The molecule has 2 saturated heterocycles. The molecule has 0 saturated carbocycles. The number of hydrogen-bond acceptors (Lipinski definition) is 9. The Labute approximate surface area is 439 Å². The Bertz CT molecular complexity index is 3170. The Morgan fingerprint density at radius 3 is 2.33 bits per heavy atom. The maximum Gasteiger partial charge on any atom is 0.264 e. The summed E-state index contributed by atoms with van der Waals surface area (Å²) < 4.78 is 30.9. The van der Waals surface area contributed by atoms with Crippen molar-refractivity contribution in [3.8, 4) is 28.8 Å². The van der Waals surface area contributed by atoms with Crippen LogP contribution in [0.1, 0.15) is 91.8 Å². The minimum atomic E-state index is -0.495. The molecule has 0 spiro atoms. The Morgan fingerprint density at radius 1 is 0.827 bits per heavy atom. The smallest absolute Gasteiger partial charge is 0.264 e. The first-order chi connectivity index (χ1) is 36.2. The lowest BCUT2D eigenvalue weighted by molar-refractivity contribution is -0.131. The van der Waals surface area contributed by atoms with E-state index in [-0.39, 0.29) is 54.1 Å². The zero-order chi connectivity index (χ0) is 52.5. The number of ether oxygens (including phenoxy) is 2. The number of amides is 3. The summed E-state index contributed by atoms with van der Waals surface area (Å²) in [7, 11) is 3.69. The van der Waals surface area contributed by atoms with Gasteiger partial charge in [0.2, 0.25) is 5.91 Å². The number of halogens is 1. The molecule has 2 atom stereocenters. The minimum absolute atomic E-state index is 0.0504. The van der Waals surface area contributed by atoms with Crippen LogP contribution in [0.3, 0.4) is 0 Å². The molecule has 0 radical (unpaired) electrons. The number of rotatable bonds is 13. The molecule has 1 N–H and O–H groups in total. The zero-order valence-electron chi connectivity index (χ0n) is 43.8. The molecule has 6 aromatic rings. The number of fused-ring (bicyclic) bond motifs is 2. The molecule has 0 unspecified atom stereocenters. The van der Waals surface area contributed by atoms with Crippen LogP contribution in [0.15, 0.2) is 91.0 Å². The molecule has 0 bridgehead atoms. The van der Waals surface area contributed by atoms with E-state index >= 15 is 14.0 Å². The summed E-state index contributed by atoms with van der Waals surface area (Å²) in [5.74, 6) is -0.709. The van der Waals surface area contributed by atoms with Gasteiger partial charge in [-0.05, 0) is 142 Å². The Hall–Kier alpha value is -7.25. The number of benzene rings is 4. The summed E-state index contributed by atoms with van der Waals surface area (Å²) >= 11 is 0. The summed E-state index contributed by atoms with van der Waals surface area (Å²) in [4.78, 5) is 55.3. The number of likely N-dealkylation sites (tertiary alicyclic amines) is 1. The highest BCUT2D eigenvalue weighted by Crippen LogP contribution is 2.39. The van der Waals surface area contributed by atoms with Crippen LogP contribution in [0.25, 0.3) is 11.3 Å². The number of phenols is 1. The van der Waals surface area contributed by atoms with E-state index in [1.54, 1.807) is 51.7 Å². The number of carbonyl (C=O) groups excluding carboxylic acids is 3. The summed E-state index contributed by atoms with van der Waals surface area (Å²) in [6.07, 6.45) is 4.73. The standard InChI is InChI=1S/C60H67FN8O6/c1-39-35-66(23-25-74-39)24-26-75-51-18-13-44(55(61)32-51)30-58(71)67-22-19-43-28-53(54(29-46(43)36-67)59(72)68-37-45-12-8-7-11-42(45)27-49(68)38-65-20-9-6-10-21-65)57-33-52(40(2)64(57)5)60(73)69(47-14-16-50(70)17-15-47)56-31-48(34-62)63(4)41(56)3/h7-8,11-18,28-29,31-33,39,49,70H,6,9-10,19-27,30,35-38H2,1-5H3/t39-,49+/m1/s1. The van der Waals surface area contributed by atoms with Crippen molar-refractivity contribution >= 4 is 29.1 Å². The Balaban J connectivity index is 0.984. The third-order valence-electron chi connectivity index (χ3n) is 16.1. The number of anilines is 2. The number of morpholine rings is 1.